The van der Waals surface area contributed by atoms with Gasteiger partial charge in [0.05, 0.1) is 0 Å². The zero-order valence-electron chi connectivity index (χ0n) is 24.5. The fourth-order valence-corrected chi connectivity index (χ4v) is 4.57. The van der Waals surface area contributed by atoms with E-state index in [2.05, 4.69) is 62.8 Å². The molecule has 10 nitrogen and oxygen atoms in total. The van der Waals surface area contributed by atoms with Gasteiger partial charge in [-0.25, -0.2) is 0 Å². The van der Waals surface area contributed by atoms with Crippen molar-refractivity contribution in [2.24, 2.45) is 5.11 Å². The topological polar surface area (TPSA) is 174 Å². The molecule has 0 unspecified atom stereocenters. The van der Waals surface area contributed by atoms with Crippen LogP contribution in [0, 0.1) is 20.8 Å². The number of aromatic amines is 1. The molecular formula is C31H28Br3ClN7NaO3. The van der Waals surface area contributed by atoms with Gasteiger partial charge < -0.3 is 16.0 Å². The first-order chi connectivity index (χ1) is 20.9. The number of nitrogens with one attached hydrogen (secondary N) is 1. The van der Waals surface area contributed by atoms with Crippen LogP contribution in [0.15, 0.2) is 96.3 Å². The Hall–Kier alpha value is -2.96. The third-order valence-corrected chi connectivity index (χ3v) is 8.42. The monoisotopic (exact) mass is 841 g/mol. The van der Waals surface area contributed by atoms with Gasteiger partial charge in [-0.1, -0.05) is 85.6 Å². The predicted molar refractivity (Wildman–Crippen MR) is 195 cm³/mol. The normalized spacial score (nSPS) is 9.46. The van der Waals surface area contributed by atoms with Crippen LogP contribution in [0.5, 0.6) is 0 Å². The first-order valence-corrected chi connectivity index (χ1v) is 15.0. The van der Waals surface area contributed by atoms with Gasteiger partial charge in [-0.2, -0.15) is 0 Å². The molecule has 3 aromatic carbocycles. The molecule has 4 aromatic rings. The molecule has 0 saturated heterocycles. The summed E-state index contributed by atoms with van der Waals surface area (Å²) in [6, 6.07) is 17.1. The van der Waals surface area contributed by atoms with Crippen molar-refractivity contribution in [1.82, 2.24) is 4.98 Å². The standard InChI is InChI=1S/C10H8BrClO.C10H8BrN3O.C10H8BrNO.CH4.N3.Na/c1-7-8(5-6-10(12)13)3-2-4-9(7)11;1-7-8(3-2-4-9(7)11)5-6-10(15)13-14-12;1-6-7-4-5-12-10(13)8(7)2-3-9(6)11;;1-3-2;/h2-6H,1H3;2-6H,1H3;2-5H,1H3,(H,12,13);1H4;;/q;;;;-1;+1. The fraction of sp³-hybridized carbons (Fsp3) is 0.129. The van der Waals surface area contributed by atoms with Crippen molar-refractivity contribution in [1.29, 1.82) is 0 Å². The number of H-pyrrole nitrogens is 1. The van der Waals surface area contributed by atoms with Crippen LogP contribution < -0.4 is 35.1 Å². The molecule has 0 spiro atoms. The first kappa shape index (κ1) is 45.2. The van der Waals surface area contributed by atoms with Crippen LogP contribution in [0.4, 0.5) is 0 Å². The average molecular weight is 845 g/mol. The van der Waals surface area contributed by atoms with Gasteiger partial charge in [-0.3, -0.25) is 19.3 Å². The number of carbonyl (C=O) groups is 2. The van der Waals surface area contributed by atoms with E-state index in [-0.39, 0.29) is 42.5 Å². The summed E-state index contributed by atoms with van der Waals surface area (Å²) in [5.41, 5.74) is 26.6. The summed E-state index contributed by atoms with van der Waals surface area (Å²) < 4.78 is 3.03. The number of aryl methyl sites for hydroxylation is 1. The van der Waals surface area contributed by atoms with Crippen molar-refractivity contribution in [3.05, 3.63) is 151 Å². The second kappa shape index (κ2) is 24.2. The van der Waals surface area contributed by atoms with Gasteiger partial charge in [0, 0.05) is 29.9 Å². The van der Waals surface area contributed by atoms with Crippen LogP contribution in [0.3, 0.4) is 0 Å². The maximum absolute atomic E-state index is 11.4. The number of amides is 1. The van der Waals surface area contributed by atoms with E-state index in [0.29, 0.717) is 0 Å². The van der Waals surface area contributed by atoms with Gasteiger partial charge in [0.2, 0.25) is 11.1 Å². The number of rotatable bonds is 4. The number of azide groups is 1. The Morgan fingerprint density at radius 1 is 0.783 bits per heavy atom. The van der Waals surface area contributed by atoms with Crippen molar-refractivity contribution in [2.45, 2.75) is 28.2 Å². The Morgan fingerprint density at radius 3 is 1.74 bits per heavy atom. The Morgan fingerprint density at radius 2 is 1.26 bits per heavy atom. The predicted octanol–water partition coefficient (Wildman–Crippen LogP) is 8.25. The van der Waals surface area contributed by atoms with E-state index < -0.39 is 11.1 Å². The number of carbonyl (C=O) groups excluding carboxylic acids is 2. The van der Waals surface area contributed by atoms with Crippen molar-refractivity contribution in [3.8, 4) is 0 Å². The summed E-state index contributed by atoms with van der Waals surface area (Å²) in [4.78, 5) is 39.3. The van der Waals surface area contributed by atoms with Crippen LogP contribution in [-0.2, 0) is 9.59 Å². The van der Waals surface area contributed by atoms with E-state index in [0.717, 1.165) is 52.0 Å². The van der Waals surface area contributed by atoms with Crippen LogP contribution in [0.2, 0.25) is 0 Å². The number of hydrogen-bond acceptors (Lipinski definition) is 3. The number of halogens is 4. The quantitative estimate of drug-likeness (QED) is 0.0545. The zero-order valence-corrected chi connectivity index (χ0v) is 32.0. The minimum Gasteiger partial charge on any atom is -0.373 e. The summed E-state index contributed by atoms with van der Waals surface area (Å²) >= 11 is 15.4. The Kier molecular flexibility index (Phi) is 23.8. The molecule has 0 atom stereocenters. The van der Waals surface area contributed by atoms with Crippen molar-refractivity contribution in [2.75, 3.05) is 0 Å². The molecule has 0 aliphatic carbocycles. The molecule has 0 bridgehead atoms. The smallest absolute Gasteiger partial charge is 0.373 e. The number of hydrogen-bond donors (Lipinski definition) is 1. The molecule has 234 valence electrons. The van der Waals surface area contributed by atoms with Gasteiger partial charge in [-0.05, 0) is 125 Å². The SMILES string of the molecule is C.Cc1c(Br)ccc2c(=O)[nH]ccc12.Cc1c(Br)cccc1C=CC(=O)Cl.Cc1c(Br)cccc1C=CC(=O)N=[N+]=[N-].[N-]=[N+]=[N-].[Na+]. The molecule has 1 amide bonds. The number of fused-ring (bicyclic) bond motifs is 1. The number of allylic oxidation sites excluding steroid dienone is 1. The maximum atomic E-state index is 11.4. The number of aromatic nitrogens is 1. The Labute approximate surface area is 319 Å². The molecule has 0 aliphatic rings. The molecular weight excluding hydrogens is 817 g/mol. The van der Waals surface area contributed by atoms with Crippen LogP contribution in [0.25, 0.3) is 49.3 Å². The van der Waals surface area contributed by atoms with E-state index in [9.17, 15) is 14.4 Å². The van der Waals surface area contributed by atoms with Gasteiger partial charge in [0.15, 0.2) is 0 Å². The molecule has 1 aromatic heterocycles. The summed E-state index contributed by atoms with van der Waals surface area (Å²) in [6.45, 7) is 5.90. The number of pyridine rings is 1. The molecule has 15 heteroatoms. The van der Waals surface area contributed by atoms with Crippen molar-refractivity contribution in [3.63, 3.8) is 0 Å². The Balaban J connectivity index is 0. The second-order valence-electron chi connectivity index (χ2n) is 8.44. The molecule has 0 aliphatic heterocycles. The van der Waals surface area contributed by atoms with Crippen LogP contribution in [0.1, 0.15) is 35.2 Å². The third kappa shape index (κ3) is 15.6. The van der Waals surface area contributed by atoms with E-state index >= 15 is 0 Å². The first-order valence-electron chi connectivity index (χ1n) is 12.3. The molecule has 1 N–H and O–H groups in total. The van der Waals surface area contributed by atoms with Crippen LogP contribution >= 0.6 is 59.4 Å². The Bertz CT molecular complexity index is 1850. The van der Waals surface area contributed by atoms with Crippen LogP contribution in [-0.4, -0.2) is 16.1 Å². The summed E-state index contributed by atoms with van der Waals surface area (Å²) in [5, 5.41) is 4.21. The molecule has 0 radical (unpaired) electrons. The number of benzene rings is 3. The molecule has 4 rings (SSSR count). The molecule has 0 fully saturated rings. The average Bonchev–Trinajstić information content (AvgIpc) is 2.98. The summed E-state index contributed by atoms with van der Waals surface area (Å²) in [5.74, 6) is -0.600. The molecule has 0 saturated carbocycles. The largest absolute Gasteiger partial charge is 1.00 e. The minimum absolute atomic E-state index is 0. The van der Waals surface area contributed by atoms with E-state index in [1.807, 2.05) is 75.4 Å². The number of nitrogens with zero attached hydrogens (tertiary/aromatic N) is 6. The summed E-state index contributed by atoms with van der Waals surface area (Å²) in [6.07, 6.45) is 7.58. The summed E-state index contributed by atoms with van der Waals surface area (Å²) in [7, 11) is 0. The van der Waals surface area contributed by atoms with Crippen molar-refractivity contribution < 1.29 is 39.1 Å². The van der Waals surface area contributed by atoms with E-state index in [1.54, 1.807) is 18.3 Å². The fourth-order valence-electron chi connectivity index (χ4n) is 3.40. The second-order valence-corrected chi connectivity index (χ2v) is 11.4. The zero-order chi connectivity index (χ0) is 33.2. The van der Waals surface area contributed by atoms with Gasteiger partial charge in [-0.15, -0.1) is 0 Å². The van der Waals surface area contributed by atoms with Gasteiger partial charge in [0.1, 0.15) is 0 Å². The van der Waals surface area contributed by atoms with Gasteiger partial charge in [0.25, 0.3) is 5.56 Å². The van der Waals surface area contributed by atoms with E-state index in [4.69, 9.17) is 28.2 Å². The van der Waals surface area contributed by atoms with Crippen molar-refractivity contribution >= 4 is 93.5 Å². The minimum atomic E-state index is -0.600. The molecule has 46 heavy (non-hydrogen) atoms. The maximum Gasteiger partial charge on any atom is 1.00 e. The molecule has 1 heterocycles. The van der Waals surface area contributed by atoms with Gasteiger partial charge >= 0.3 is 29.6 Å². The third-order valence-electron chi connectivity index (χ3n) is 5.72. The van der Waals surface area contributed by atoms with E-state index in [1.165, 1.54) is 17.1 Å².